The van der Waals surface area contributed by atoms with Gasteiger partial charge in [0, 0.05) is 33.2 Å². The summed E-state index contributed by atoms with van der Waals surface area (Å²) < 4.78 is 31.2. The van der Waals surface area contributed by atoms with Gasteiger partial charge in [-0.1, -0.05) is 12.1 Å². The van der Waals surface area contributed by atoms with Crippen LogP contribution in [0.5, 0.6) is 0 Å². The molecule has 7 heteroatoms. The van der Waals surface area contributed by atoms with E-state index in [2.05, 4.69) is 10.6 Å². The average molecular weight is 323 g/mol. The van der Waals surface area contributed by atoms with E-state index in [1.165, 1.54) is 12.1 Å². The van der Waals surface area contributed by atoms with Crippen LogP contribution < -0.4 is 10.6 Å². The number of amides is 1. The Labute approximate surface area is 129 Å². The van der Waals surface area contributed by atoms with Crippen molar-refractivity contribution in [1.82, 2.24) is 10.6 Å². The van der Waals surface area contributed by atoms with Gasteiger partial charge in [-0.25, -0.2) is 8.78 Å². The minimum Gasteiger partial charge on any atom is -0.383 e. The molecule has 2 N–H and O–H groups in total. The van der Waals surface area contributed by atoms with Gasteiger partial charge in [-0.05, 0) is 18.1 Å². The lowest BCUT2D eigenvalue weighted by molar-refractivity contribution is -0.121. The van der Waals surface area contributed by atoms with E-state index in [1.807, 2.05) is 0 Å². The Balaban J connectivity index is 0.00000400. The SMILES string of the molecule is COCCNCCNC(=O)CCc1cccc(F)c1F.Cl. The minimum absolute atomic E-state index is 0. The Morgan fingerprint density at radius 1 is 1.24 bits per heavy atom. The van der Waals surface area contributed by atoms with Gasteiger partial charge >= 0.3 is 0 Å². The van der Waals surface area contributed by atoms with E-state index in [-0.39, 0.29) is 36.7 Å². The molecule has 0 saturated carbocycles. The maximum absolute atomic E-state index is 13.3. The maximum atomic E-state index is 13.3. The Morgan fingerprint density at radius 3 is 2.71 bits per heavy atom. The lowest BCUT2D eigenvalue weighted by Gasteiger charge is -2.07. The molecule has 0 fully saturated rings. The average Bonchev–Trinajstić information content (AvgIpc) is 2.44. The number of benzene rings is 1. The zero-order chi connectivity index (χ0) is 14.8. The number of methoxy groups -OCH3 is 1. The van der Waals surface area contributed by atoms with E-state index in [9.17, 15) is 13.6 Å². The molecule has 1 aromatic carbocycles. The van der Waals surface area contributed by atoms with E-state index in [1.54, 1.807) is 7.11 Å². The smallest absolute Gasteiger partial charge is 0.220 e. The summed E-state index contributed by atoms with van der Waals surface area (Å²) in [6.07, 6.45) is 0.324. The highest BCUT2D eigenvalue weighted by Gasteiger charge is 2.09. The monoisotopic (exact) mass is 322 g/mol. The van der Waals surface area contributed by atoms with E-state index in [4.69, 9.17) is 4.74 Å². The normalized spacial score (nSPS) is 10.0. The Hall–Kier alpha value is -1.24. The fourth-order valence-electron chi connectivity index (χ4n) is 1.67. The lowest BCUT2D eigenvalue weighted by Crippen LogP contribution is -2.33. The van der Waals surface area contributed by atoms with Crippen LogP contribution in [0.25, 0.3) is 0 Å². The predicted octanol–water partition coefficient (Wildman–Crippen LogP) is 1.67. The van der Waals surface area contributed by atoms with Gasteiger partial charge in [0.25, 0.3) is 0 Å². The summed E-state index contributed by atoms with van der Waals surface area (Å²) in [4.78, 5) is 11.5. The van der Waals surface area contributed by atoms with Gasteiger partial charge in [0.05, 0.1) is 6.61 Å². The molecule has 0 aliphatic rings. The van der Waals surface area contributed by atoms with Crippen molar-refractivity contribution in [2.45, 2.75) is 12.8 Å². The zero-order valence-corrected chi connectivity index (χ0v) is 12.8. The van der Waals surface area contributed by atoms with Crippen LogP contribution in [0.2, 0.25) is 0 Å². The Bertz CT molecular complexity index is 433. The largest absolute Gasteiger partial charge is 0.383 e. The summed E-state index contributed by atoms with van der Waals surface area (Å²) >= 11 is 0. The molecule has 120 valence electrons. The van der Waals surface area contributed by atoms with Gasteiger partial charge in [0.1, 0.15) is 0 Å². The summed E-state index contributed by atoms with van der Waals surface area (Å²) in [5, 5.41) is 5.79. The molecule has 4 nitrogen and oxygen atoms in total. The van der Waals surface area contributed by atoms with Crippen LogP contribution in [0, 0.1) is 11.6 Å². The number of ether oxygens (including phenoxy) is 1. The Morgan fingerprint density at radius 2 is 2.00 bits per heavy atom. The quantitative estimate of drug-likeness (QED) is 0.680. The number of carbonyl (C=O) groups excluding carboxylic acids is 1. The van der Waals surface area contributed by atoms with Crippen LogP contribution in [0.4, 0.5) is 8.78 Å². The summed E-state index contributed by atoms with van der Waals surface area (Å²) in [5.74, 6) is -1.94. The molecule has 0 radical (unpaired) electrons. The standard InChI is InChI=1S/C14H20F2N2O2.ClH/c1-20-10-9-17-7-8-18-13(19)6-5-11-3-2-4-12(15)14(11)16;/h2-4,17H,5-10H2,1H3,(H,18,19);1H. The predicted molar refractivity (Wildman–Crippen MR) is 79.7 cm³/mol. The molecule has 0 saturated heterocycles. The second-order valence-corrected chi connectivity index (χ2v) is 4.31. The van der Waals surface area contributed by atoms with Crippen molar-refractivity contribution in [2.75, 3.05) is 33.4 Å². The molecule has 21 heavy (non-hydrogen) atoms. The highest BCUT2D eigenvalue weighted by molar-refractivity contribution is 5.85. The summed E-state index contributed by atoms with van der Waals surface area (Å²) in [7, 11) is 1.62. The van der Waals surface area contributed by atoms with Gasteiger partial charge in [-0.2, -0.15) is 0 Å². The van der Waals surface area contributed by atoms with Crippen molar-refractivity contribution >= 4 is 18.3 Å². The van der Waals surface area contributed by atoms with Gasteiger partial charge < -0.3 is 15.4 Å². The van der Waals surface area contributed by atoms with Crippen LogP contribution in [0.1, 0.15) is 12.0 Å². The summed E-state index contributed by atoms with van der Waals surface area (Å²) in [6.45, 7) is 2.48. The van der Waals surface area contributed by atoms with E-state index < -0.39 is 11.6 Å². The third-order valence-electron chi connectivity index (χ3n) is 2.76. The molecule has 0 spiro atoms. The number of hydrogen-bond donors (Lipinski definition) is 2. The number of nitrogens with one attached hydrogen (secondary N) is 2. The van der Waals surface area contributed by atoms with Gasteiger partial charge in [0.15, 0.2) is 11.6 Å². The maximum Gasteiger partial charge on any atom is 0.220 e. The molecule has 0 aromatic heterocycles. The van der Waals surface area contributed by atoms with Crippen LogP contribution in [-0.4, -0.2) is 39.3 Å². The lowest BCUT2D eigenvalue weighted by atomic mass is 10.1. The van der Waals surface area contributed by atoms with Crippen molar-refractivity contribution in [3.8, 4) is 0 Å². The number of rotatable bonds is 9. The molecule has 1 rings (SSSR count). The molecular weight excluding hydrogens is 302 g/mol. The highest BCUT2D eigenvalue weighted by atomic mass is 35.5. The molecule has 0 atom stereocenters. The van der Waals surface area contributed by atoms with Crippen molar-refractivity contribution in [3.05, 3.63) is 35.4 Å². The number of aryl methyl sites for hydroxylation is 1. The summed E-state index contributed by atoms with van der Waals surface area (Å²) in [6, 6.07) is 3.98. The molecule has 0 aliphatic heterocycles. The van der Waals surface area contributed by atoms with Gasteiger partial charge in [0.2, 0.25) is 5.91 Å². The number of carbonyl (C=O) groups is 1. The van der Waals surface area contributed by atoms with Crippen LogP contribution in [0.3, 0.4) is 0 Å². The van der Waals surface area contributed by atoms with Crippen molar-refractivity contribution in [2.24, 2.45) is 0 Å². The topological polar surface area (TPSA) is 50.4 Å². The first-order valence-corrected chi connectivity index (χ1v) is 6.54. The molecule has 0 heterocycles. The van der Waals surface area contributed by atoms with Crippen molar-refractivity contribution in [1.29, 1.82) is 0 Å². The van der Waals surface area contributed by atoms with Crippen molar-refractivity contribution < 1.29 is 18.3 Å². The highest BCUT2D eigenvalue weighted by Crippen LogP contribution is 2.12. The second kappa shape index (κ2) is 11.4. The molecule has 1 aromatic rings. The number of hydrogen-bond acceptors (Lipinski definition) is 3. The molecular formula is C14H21ClF2N2O2. The molecule has 0 unspecified atom stereocenters. The number of halogens is 3. The van der Waals surface area contributed by atoms with Gasteiger partial charge in [-0.15, -0.1) is 12.4 Å². The van der Waals surface area contributed by atoms with Crippen LogP contribution in [-0.2, 0) is 16.0 Å². The fraction of sp³-hybridized carbons (Fsp3) is 0.500. The van der Waals surface area contributed by atoms with E-state index in [0.29, 0.717) is 19.7 Å². The third-order valence-corrected chi connectivity index (χ3v) is 2.76. The van der Waals surface area contributed by atoms with E-state index >= 15 is 0 Å². The first-order chi connectivity index (χ1) is 9.65. The van der Waals surface area contributed by atoms with Crippen LogP contribution in [0.15, 0.2) is 18.2 Å². The van der Waals surface area contributed by atoms with E-state index in [0.717, 1.165) is 12.6 Å². The second-order valence-electron chi connectivity index (χ2n) is 4.31. The Kier molecular flexibility index (Phi) is 10.7. The van der Waals surface area contributed by atoms with Crippen molar-refractivity contribution in [3.63, 3.8) is 0 Å². The first kappa shape index (κ1) is 19.8. The molecule has 0 aliphatic carbocycles. The zero-order valence-electron chi connectivity index (χ0n) is 12.0. The fourth-order valence-corrected chi connectivity index (χ4v) is 1.67. The molecule has 1 amide bonds. The van der Waals surface area contributed by atoms with Crippen LogP contribution >= 0.6 is 12.4 Å². The first-order valence-electron chi connectivity index (χ1n) is 6.54. The molecule has 0 bridgehead atoms. The van der Waals surface area contributed by atoms with Gasteiger partial charge in [-0.3, -0.25) is 4.79 Å². The third kappa shape index (κ3) is 7.94. The summed E-state index contributed by atoms with van der Waals surface area (Å²) in [5.41, 5.74) is 0.221. The minimum atomic E-state index is -0.884.